The second kappa shape index (κ2) is 5.97. The summed E-state index contributed by atoms with van der Waals surface area (Å²) < 4.78 is 10.6. The Morgan fingerprint density at radius 1 is 1.32 bits per heavy atom. The van der Waals surface area contributed by atoms with E-state index in [9.17, 15) is 4.79 Å². The number of hydrazine groups is 1. The number of furan rings is 1. The quantitative estimate of drug-likeness (QED) is 0.517. The van der Waals surface area contributed by atoms with Crippen molar-refractivity contribution in [2.45, 2.75) is 6.61 Å². The molecule has 1 amide bonds. The van der Waals surface area contributed by atoms with Crippen molar-refractivity contribution in [3.63, 3.8) is 0 Å². The summed E-state index contributed by atoms with van der Waals surface area (Å²) in [6.07, 6.45) is 1.37. The van der Waals surface area contributed by atoms with Crippen molar-refractivity contribution >= 4 is 29.1 Å². The van der Waals surface area contributed by atoms with E-state index in [0.717, 1.165) is 0 Å². The Balaban J connectivity index is 2.15. The third kappa shape index (κ3) is 3.01. The Hall–Kier alpha value is -1.69. The number of halogens is 2. The topological polar surface area (TPSA) is 77.5 Å². The molecule has 0 bridgehead atoms. The number of nitrogen functional groups attached to an aromatic ring is 1. The molecule has 3 N–H and O–H groups in total. The van der Waals surface area contributed by atoms with Crippen LogP contribution in [0.5, 0.6) is 5.75 Å². The van der Waals surface area contributed by atoms with Crippen molar-refractivity contribution < 1.29 is 13.9 Å². The molecule has 0 aliphatic rings. The van der Waals surface area contributed by atoms with Crippen LogP contribution < -0.4 is 16.0 Å². The largest absolute Gasteiger partial charge is 0.482 e. The minimum Gasteiger partial charge on any atom is -0.482 e. The molecule has 0 aliphatic carbocycles. The number of hydrogen-bond acceptors (Lipinski definition) is 4. The highest BCUT2D eigenvalue weighted by Crippen LogP contribution is 2.33. The first-order valence-electron chi connectivity index (χ1n) is 5.27. The zero-order valence-electron chi connectivity index (χ0n) is 9.65. The number of carbonyl (C=O) groups excluding carboxylic acids is 1. The van der Waals surface area contributed by atoms with Crippen LogP contribution in [-0.2, 0) is 6.61 Å². The number of benzene rings is 1. The van der Waals surface area contributed by atoms with Crippen LogP contribution in [0.3, 0.4) is 0 Å². The highest BCUT2D eigenvalue weighted by molar-refractivity contribution is 6.37. The molecule has 0 saturated carbocycles. The lowest BCUT2D eigenvalue weighted by atomic mass is 10.2. The van der Waals surface area contributed by atoms with Gasteiger partial charge in [-0.2, -0.15) is 0 Å². The fourth-order valence-corrected chi connectivity index (χ4v) is 2.00. The number of nitrogens with one attached hydrogen (secondary N) is 1. The van der Waals surface area contributed by atoms with Crippen molar-refractivity contribution in [2.75, 3.05) is 0 Å². The van der Waals surface area contributed by atoms with Gasteiger partial charge in [0.2, 0.25) is 0 Å². The molecule has 2 rings (SSSR count). The standard InChI is InChI=1S/C12H10Cl2N2O3/c13-8-2-1-3-9(14)11(8)19-6-10-7(4-5-18-10)12(17)16-15/h1-5H,6,15H2,(H,16,17). The number of amides is 1. The minimum absolute atomic E-state index is 0.0131. The maximum absolute atomic E-state index is 11.4. The molecule has 1 aromatic heterocycles. The SMILES string of the molecule is NNC(=O)c1ccoc1COc1c(Cl)cccc1Cl. The highest BCUT2D eigenvalue weighted by atomic mass is 35.5. The van der Waals surface area contributed by atoms with Crippen molar-refractivity contribution in [3.8, 4) is 5.75 Å². The molecule has 0 atom stereocenters. The number of carbonyl (C=O) groups is 1. The molecule has 0 aliphatic heterocycles. The van der Waals surface area contributed by atoms with Gasteiger partial charge in [-0.3, -0.25) is 10.2 Å². The summed E-state index contributed by atoms with van der Waals surface area (Å²) >= 11 is 11.9. The van der Waals surface area contributed by atoms with Gasteiger partial charge < -0.3 is 9.15 Å². The van der Waals surface area contributed by atoms with Crippen LogP contribution >= 0.6 is 23.2 Å². The first kappa shape index (κ1) is 13.7. The monoisotopic (exact) mass is 300 g/mol. The lowest BCUT2D eigenvalue weighted by molar-refractivity contribution is 0.0949. The van der Waals surface area contributed by atoms with Crippen molar-refractivity contribution in [1.29, 1.82) is 0 Å². The van der Waals surface area contributed by atoms with E-state index in [-0.39, 0.29) is 6.61 Å². The predicted molar refractivity (Wildman–Crippen MR) is 71.2 cm³/mol. The Kier molecular flexibility index (Phi) is 4.31. The van der Waals surface area contributed by atoms with Gasteiger partial charge in [0.05, 0.1) is 21.9 Å². The molecule has 0 radical (unpaired) electrons. The number of hydrogen-bond donors (Lipinski definition) is 2. The van der Waals surface area contributed by atoms with Crippen molar-refractivity contribution in [2.24, 2.45) is 5.84 Å². The molecule has 7 heteroatoms. The van der Waals surface area contributed by atoms with Crippen molar-refractivity contribution in [1.82, 2.24) is 5.43 Å². The van der Waals surface area contributed by atoms with E-state index in [2.05, 4.69) is 0 Å². The first-order chi connectivity index (χ1) is 9.13. The van der Waals surface area contributed by atoms with Crippen LogP contribution in [0.4, 0.5) is 0 Å². The van der Waals surface area contributed by atoms with E-state index >= 15 is 0 Å². The highest BCUT2D eigenvalue weighted by Gasteiger charge is 2.15. The van der Waals surface area contributed by atoms with Crippen LogP contribution in [0.15, 0.2) is 34.9 Å². The minimum atomic E-state index is -0.461. The number of nitrogens with two attached hydrogens (primary N) is 1. The van der Waals surface area contributed by atoms with Crippen LogP contribution in [0, 0.1) is 0 Å². The summed E-state index contributed by atoms with van der Waals surface area (Å²) in [4.78, 5) is 11.4. The van der Waals surface area contributed by atoms with Gasteiger partial charge in [-0.15, -0.1) is 0 Å². The first-order valence-corrected chi connectivity index (χ1v) is 6.03. The summed E-state index contributed by atoms with van der Waals surface area (Å²) in [5, 5.41) is 0.757. The summed E-state index contributed by atoms with van der Waals surface area (Å²) in [5.74, 6) is 5.27. The molecule has 1 heterocycles. The number of ether oxygens (including phenoxy) is 1. The van der Waals surface area contributed by atoms with Gasteiger partial charge >= 0.3 is 0 Å². The summed E-state index contributed by atoms with van der Waals surface area (Å²) in [6.45, 7) is 0.0131. The van der Waals surface area contributed by atoms with Crippen LogP contribution in [0.25, 0.3) is 0 Å². The van der Waals surface area contributed by atoms with Gasteiger partial charge in [0.25, 0.3) is 5.91 Å². The third-order valence-electron chi connectivity index (χ3n) is 2.39. The molecule has 100 valence electrons. The maximum atomic E-state index is 11.4. The lowest BCUT2D eigenvalue weighted by Gasteiger charge is -2.09. The second-order valence-electron chi connectivity index (χ2n) is 3.57. The second-order valence-corrected chi connectivity index (χ2v) is 4.38. The van der Waals surface area contributed by atoms with Gasteiger partial charge in [-0.05, 0) is 18.2 Å². The molecule has 19 heavy (non-hydrogen) atoms. The van der Waals surface area contributed by atoms with E-state index in [1.165, 1.54) is 12.3 Å². The molecule has 1 aromatic carbocycles. The number of rotatable bonds is 4. The van der Waals surface area contributed by atoms with Crippen LogP contribution in [-0.4, -0.2) is 5.91 Å². The van der Waals surface area contributed by atoms with E-state index in [4.69, 9.17) is 38.2 Å². The lowest BCUT2D eigenvalue weighted by Crippen LogP contribution is -2.30. The summed E-state index contributed by atoms with van der Waals surface area (Å²) in [5.41, 5.74) is 2.32. The average Bonchev–Trinajstić information content (AvgIpc) is 2.85. The van der Waals surface area contributed by atoms with E-state index in [0.29, 0.717) is 27.1 Å². The van der Waals surface area contributed by atoms with E-state index in [1.54, 1.807) is 18.2 Å². The fourth-order valence-electron chi connectivity index (χ4n) is 1.49. The van der Waals surface area contributed by atoms with Gasteiger partial charge in [0.1, 0.15) is 6.61 Å². The maximum Gasteiger partial charge on any atom is 0.268 e. The summed E-state index contributed by atoms with van der Waals surface area (Å²) in [6, 6.07) is 6.50. The third-order valence-corrected chi connectivity index (χ3v) is 2.98. The van der Waals surface area contributed by atoms with E-state index < -0.39 is 5.91 Å². The Bertz CT molecular complexity index is 578. The Morgan fingerprint density at radius 2 is 2.00 bits per heavy atom. The molecule has 0 saturated heterocycles. The molecule has 0 spiro atoms. The van der Waals surface area contributed by atoms with Gasteiger partial charge in [-0.25, -0.2) is 5.84 Å². The molecule has 5 nitrogen and oxygen atoms in total. The van der Waals surface area contributed by atoms with Crippen LogP contribution in [0.2, 0.25) is 10.0 Å². The van der Waals surface area contributed by atoms with Gasteiger partial charge in [0, 0.05) is 0 Å². The van der Waals surface area contributed by atoms with Gasteiger partial charge in [-0.1, -0.05) is 29.3 Å². The predicted octanol–water partition coefficient (Wildman–Crippen LogP) is 2.77. The Morgan fingerprint density at radius 3 is 2.63 bits per heavy atom. The Labute approximate surface area is 119 Å². The normalized spacial score (nSPS) is 10.3. The average molecular weight is 301 g/mol. The molecule has 2 aromatic rings. The van der Waals surface area contributed by atoms with Gasteiger partial charge in [0.15, 0.2) is 11.5 Å². The summed E-state index contributed by atoms with van der Waals surface area (Å²) in [7, 11) is 0. The number of para-hydroxylation sites is 1. The molecular formula is C12H10Cl2N2O3. The van der Waals surface area contributed by atoms with Crippen LogP contribution in [0.1, 0.15) is 16.1 Å². The zero-order chi connectivity index (χ0) is 13.8. The molecule has 0 fully saturated rings. The van der Waals surface area contributed by atoms with E-state index in [1.807, 2.05) is 5.43 Å². The molecule has 0 unspecified atom stereocenters. The fraction of sp³-hybridized carbons (Fsp3) is 0.0833. The zero-order valence-corrected chi connectivity index (χ0v) is 11.2. The molecular weight excluding hydrogens is 291 g/mol. The smallest absolute Gasteiger partial charge is 0.268 e. The van der Waals surface area contributed by atoms with Crippen molar-refractivity contribution in [3.05, 3.63) is 51.9 Å².